The summed E-state index contributed by atoms with van der Waals surface area (Å²) in [5.41, 5.74) is 4.95. The van der Waals surface area contributed by atoms with E-state index >= 15 is 0 Å². The van der Waals surface area contributed by atoms with E-state index in [9.17, 15) is 13.2 Å². The second-order valence-corrected chi connectivity index (χ2v) is 12.3. The fourth-order valence-electron chi connectivity index (χ4n) is 5.73. The number of anilines is 2. The van der Waals surface area contributed by atoms with Crippen LogP contribution >= 0.6 is 0 Å². The number of rotatable bonds is 7. The minimum Gasteiger partial charge on any atom is -0.492 e. The van der Waals surface area contributed by atoms with Crippen molar-refractivity contribution in [3.05, 3.63) is 83.6 Å². The molecule has 0 aliphatic carbocycles. The zero-order valence-electron chi connectivity index (χ0n) is 22.4. The van der Waals surface area contributed by atoms with Crippen LogP contribution in [0.4, 0.5) is 11.4 Å². The molecule has 1 amide bonds. The first-order chi connectivity index (χ1) is 20.0. The number of aromatic amines is 1. The number of amides is 1. The van der Waals surface area contributed by atoms with Crippen LogP contribution in [0.3, 0.4) is 0 Å². The Morgan fingerprint density at radius 1 is 0.976 bits per heavy atom. The first-order valence-corrected chi connectivity index (χ1v) is 15.2. The lowest BCUT2D eigenvalue weighted by molar-refractivity contribution is -0.110. The molecule has 0 bridgehead atoms. The lowest BCUT2D eigenvalue weighted by Crippen LogP contribution is -2.38. The van der Waals surface area contributed by atoms with Gasteiger partial charge >= 0.3 is 0 Å². The highest BCUT2D eigenvalue weighted by molar-refractivity contribution is 7.92. The van der Waals surface area contributed by atoms with E-state index in [0.29, 0.717) is 42.1 Å². The molecule has 4 aromatic rings. The van der Waals surface area contributed by atoms with Gasteiger partial charge in [-0.1, -0.05) is 18.2 Å². The van der Waals surface area contributed by atoms with Crippen LogP contribution in [-0.2, 0) is 26.0 Å². The Bertz CT molecular complexity index is 1790. The smallest absolute Gasteiger partial charge is 0.264 e. The van der Waals surface area contributed by atoms with Crippen LogP contribution < -0.4 is 14.4 Å². The maximum absolute atomic E-state index is 13.6. The molecule has 1 aromatic heterocycles. The van der Waals surface area contributed by atoms with Crippen molar-refractivity contribution in [3.8, 4) is 5.75 Å². The minimum absolute atomic E-state index is 0.158. The van der Waals surface area contributed by atoms with E-state index < -0.39 is 10.0 Å². The fraction of sp³-hybridized carbons (Fsp3) is 0.258. The summed E-state index contributed by atoms with van der Waals surface area (Å²) in [5, 5.41) is 3.82. The average molecular weight is 571 g/mol. The van der Waals surface area contributed by atoms with Crippen LogP contribution in [0.25, 0.3) is 22.6 Å². The lowest BCUT2D eigenvalue weighted by Gasteiger charge is -2.26. The Hall–Kier alpha value is -4.12. The standard InChI is InChI=1S/C31H30N4O5S/c36-31-27(19-23-17-22-18-24(5-7-28(22)32-23)40-16-13-34-11-14-39-15-12-34)26-20-25(6-8-29(26)33-31)41(37,38)35-10-9-21-3-1-2-4-30(21)35/h1-8,17-20,32H,9-16H2,(H,33,36). The number of para-hydroxylation sites is 1. The van der Waals surface area contributed by atoms with Crippen molar-refractivity contribution >= 4 is 49.9 Å². The number of sulfonamides is 1. The molecule has 0 saturated carbocycles. The molecule has 41 heavy (non-hydrogen) atoms. The van der Waals surface area contributed by atoms with Gasteiger partial charge in [-0.25, -0.2) is 8.42 Å². The van der Waals surface area contributed by atoms with E-state index in [1.54, 1.807) is 24.3 Å². The molecule has 9 nitrogen and oxygen atoms in total. The number of benzene rings is 3. The van der Waals surface area contributed by atoms with Crippen molar-refractivity contribution in [3.63, 3.8) is 0 Å². The molecule has 0 spiro atoms. The number of nitrogens with one attached hydrogen (secondary N) is 2. The molecule has 10 heteroatoms. The second-order valence-electron chi connectivity index (χ2n) is 10.5. The normalized spacial score (nSPS) is 18.1. The summed E-state index contributed by atoms with van der Waals surface area (Å²) in [6.07, 6.45) is 2.44. The van der Waals surface area contributed by atoms with E-state index in [-0.39, 0.29) is 10.8 Å². The first-order valence-electron chi connectivity index (χ1n) is 13.8. The number of carbonyl (C=O) groups excluding carboxylic acids is 1. The number of hydrogen-bond acceptors (Lipinski definition) is 6. The molecule has 4 heterocycles. The maximum Gasteiger partial charge on any atom is 0.264 e. The summed E-state index contributed by atoms with van der Waals surface area (Å²) in [6.45, 7) is 5.22. The molecule has 3 aromatic carbocycles. The van der Waals surface area contributed by atoms with Crippen molar-refractivity contribution in [2.45, 2.75) is 11.3 Å². The van der Waals surface area contributed by atoms with E-state index in [1.165, 1.54) is 4.31 Å². The first kappa shape index (κ1) is 25.8. The van der Waals surface area contributed by atoms with Crippen LogP contribution in [0.1, 0.15) is 16.8 Å². The number of ether oxygens (including phenoxy) is 2. The van der Waals surface area contributed by atoms with Gasteiger partial charge in [-0.2, -0.15) is 0 Å². The van der Waals surface area contributed by atoms with Gasteiger partial charge in [-0.15, -0.1) is 0 Å². The highest BCUT2D eigenvalue weighted by atomic mass is 32.2. The zero-order valence-corrected chi connectivity index (χ0v) is 23.2. The van der Waals surface area contributed by atoms with Crippen LogP contribution in [0.5, 0.6) is 5.75 Å². The molecule has 0 unspecified atom stereocenters. The summed E-state index contributed by atoms with van der Waals surface area (Å²) < 4.78 is 40.1. The molecular weight excluding hydrogens is 540 g/mol. The maximum atomic E-state index is 13.6. The number of nitrogens with zero attached hydrogens (tertiary/aromatic N) is 2. The van der Waals surface area contributed by atoms with Crippen LogP contribution in [0.2, 0.25) is 0 Å². The molecule has 7 rings (SSSR count). The number of H-pyrrole nitrogens is 1. The van der Waals surface area contributed by atoms with Gasteiger partial charge in [0.25, 0.3) is 15.9 Å². The van der Waals surface area contributed by atoms with Crippen molar-refractivity contribution < 1.29 is 22.7 Å². The largest absolute Gasteiger partial charge is 0.492 e. The summed E-state index contributed by atoms with van der Waals surface area (Å²) in [4.78, 5) is 18.8. The van der Waals surface area contributed by atoms with E-state index in [4.69, 9.17) is 9.47 Å². The van der Waals surface area contributed by atoms with Gasteiger partial charge in [-0.3, -0.25) is 14.0 Å². The van der Waals surface area contributed by atoms with Crippen molar-refractivity contribution in [2.75, 3.05) is 55.6 Å². The Morgan fingerprint density at radius 3 is 2.71 bits per heavy atom. The fourth-order valence-corrected chi connectivity index (χ4v) is 7.26. The molecule has 0 atom stereocenters. The Morgan fingerprint density at radius 2 is 1.83 bits per heavy atom. The lowest BCUT2D eigenvalue weighted by atomic mass is 10.1. The topological polar surface area (TPSA) is 104 Å². The number of aromatic nitrogens is 1. The summed E-state index contributed by atoms with van der Waals surface area (Å²) >= 11 is 0. The highest BCUT2D eigenvalue weighted by Gasteiger charge is 2.33. The number of fused-ring (bicyclic) bond motifs is 3. The molecule has 1 saturated heterocycles. The zero-order chi connectivity index (χ0) is 28.0. The Balaban J connectivity index is 1.13. The van der Waals surface area contributed by atoms with Crippen molar-refractivity contribution in [2.24, 2.45) is 0 Å². The quantitative estimate of drug-likeness (QED) is 0.324. The Labute approximate surface area is 238 Å². The van der Waals surface area contributed by atoms with Gasteiger partial charge in [-0.05, 0) is 66.6 Å². The van der Waals surface area contributed by atoms with Crippen molar-refractivity contribution in [1.29, 1.82) is 0 Å². The molecule has 3 aliphatic heterocycles. The number of carbonyl (C=O) groups is 1. The number of morpholine rings is 1. The highest BCUT2D eigenvalue weighted by Crippen LogP contribution is 2.38. The van der Waals surface area contributed by atoms with E-state index in [0.717, 1.165) is 60.8 Å². The van der Waals surface area contributed by atoms with Gasteiger partial charge in [0.1, 0.15) is 12.4 Å². The molecular formula is C31H30N4O5S. The predicted molar refractivity (Wildman–Crippen MR) is 159 cm³/mol. The molecule has 1 fully saturated rings. The summed E-state index contributed by atoms with van der Waals surface area (Å²) in [5.74, 6) is 0.512. The van der Waals surface area contributed by atoms with Crippen LogP contribution in [0, 0.1) is 0 Å². The Kier molecular flexibility index (Phi) is 6.53. The van der Waals surface area contributed by atoms with Crippen LogP contribution in [0.15, 0.2) is 71.6 Å². The predicted octanol–water partition coefficient (Wildman–Crippen LogP) is 4.12. The molecule has 2 N–H and O–H groups in total. The van der Waals surface area contributed by atoms with E-state index in [2.05, 4.69) is 15.2 Å². The third-order valence-electron chi connectivity index (χ3n) is 7.90. The molecule has 210 valence electrons. The SMILES string of the molecule is O=C1Nc2ccc(S(=O)(=O)N3CCc4ccccc43)cc2C1=Cc1cc2cc(OCCN3CCOCC3)ccc2[nH]1. The minimum atomic E-state index is -3.79. The molecule has 3 aliphatic rings. The summed E-state index contributed by atoms with van der Waals surface area (Å²) in [7, 11) is -3.79. The van der Waals surface area contributed by atoms with Gasteiger partial charge < -0.3 is 19.8 Å². The van der Waals surface area contributed by atoms with Gasteiger partial charge in [0.05, 0.1) is 29.4 Å². The monoisotopic (exact) mass is 570 g/mol. The van der Waals surface area contributed by atoms with E-state index in [1.807, 2.05) is 48.5 Å². The van der Waals surface area contributed by atoms with Gasteiger partial charge in [0.15, 0.2) is 0 Å². The van der Waals surface area contributed by atoms with Gasteiger partial charge in [0, 0.05) is 54.0 Å². The summed E-state index contributed by atoms with van der Waals surface area (Å²) in [6, 6.07) is 20.2. The average Bonchev–Trinajstić information content (AvgIpc) is 3.68. The second kappa shape index (κ2) is 10.4. The van der Waals surface area contributed by atoms with Crippen molar-refractivity contribution in [1.82, 2.24) is 9.88 Å². The van der Waals surface area contributed by atoms with Crippen LogP contribution in [-0.4, -0.2) is 70.2 Å². The third kappa shape index (κ3) is 4.88. The number of hydrogen-bond donors (Lipinski definition) is 2. The third-order valence-corrected chi connectivity index (χ3v) is 9.71. The molecule has 0 radical (unpaired) electrons. The van der Waals surface area contributed by atoms with Gasteiger partial charge in [0.2, 0.25) is 0 Å².